The summed E-state index contributed by atoms with van der Waals surface area (Å²) < 4.78 is 3.99. The lowest BCUT2D eigenvalue weighted by molar-refractivity contribution is 0.567. The largest absolute Gasteiger partial charge is 0.283 e. The van der Waals surface area contributed by atoms with Crippen LogP contribution < -0.4 is 0 Å². The van der Waals surface area contributed by atoms with E-state index in [1.54, 1.807) is 0 Å². The zero-order chi connectivity index (χ0) is 19.3. The molecule has 0 bridgehead atoms. The number of rotatable bonds is 2. The van der Waals surface area contributed by atoms with Crippen molar-refractivity contribution in [2.45, 2.75) is 26.2 Å². The molecule has 2 aromatic carbocycles. The van der Waals surface area contributed by atoms with Crippen molar-refractivity contribution in [2.75, 3.05) is 0 Å². The molecule has 5 rings (SSSR count). The molecule has 0 unspecified atom stereocenters. The third-order valence-corrected chi connectivity index (χ3v) is 5.01. The number of hydrogen-bond acceptors (Lipinski definition) is 3. The maximum absolute atomic E-state index is 5.00. The minimum absolute atomic E-state index is 0.0921. The van der Waals surface area contributed by atoms with Crippen molar-refractivity contribution in [3.8, 4) is 16.9 Å². The molecule has 5 aromatic rings. The first-order valence-electron chi connectivity index (χ1n) is 9.39. The van der Waals surface area contributed by atoms with Crippen LogP contribution in [-0.2, 0) is 5.41 Å². The van der Waals surface area contributed by atoms with E-state index < -0.39 is 0 Å². The molecule has 5 nitrogen and oxygen atoms in total. The van der Waals surface area contributed by atoms with E-state index in [0.717, 1.165) is 39.3 Å². The normalized spacial score (nSPS) is 12.1. The first kappa shape index (κ1) is 16.7. The number of aromatic nitrogens is 5. The van der Waals surface area contributed by atoms with Crippen LogP contribution in [0.5, 0.6) is 0 Å². The highest BCUT2D eigenvalue weighted by Crippen LogP contribution is 2.30. The summed E-state index contributed by atoms with van der Waals surface area (Å²) >= 11 is 0. The molecule has 0 radical (unpaired) electrons. The van der Waals surface area contributed by atoms with Gasteiger partial charge in [0.15, 0.2) is 5.65 Å². The van der Waals surface area contributed by atoms with Gasteiger partial charge in [0.25, 0.3) is 0 Å². The van der Waals surface area contributed by atoms with Gasteiger partial charge in [0.05, 0.1) is 22.9 Å². The summed E-state index contributed by atoms with van der Waals surface area (Å²) in [7, 11) is 0. The van der Waals surface area contributed by atoms with Crippen molar-refractivity contribution in [3.05, 3.63) is 78.9 Å². The number of para-hydroxylation sites is 2. The summed E-state index contributed by atoms with van der Waals surface area (Å²) in [5.74, 6) is 0.936. The molecule has 0 fully saturated rings. The van der Waals surface area contributed by atoms with Crippen molar-refractivity contribution in [1.82, 2.24) is 24.1 Å². The minimum Gasteiger partial charge on any atom is -0.283 e. The molecular formula is C23H21N5. The third kappa shape index (κ3) is 2.59. The van der Waals surface area contributed by atoms with Gasteiger partial charge in [-0.05, 0) is 17.7 Å². The number of benzene rings is 2. The molecule has 3 heterocycles. The average molecular weight is 367 g/mol. The first-order chi connectivity index (χ1) is 13.5. The van der Waals surface area contributed by atoms with Crippen LogP contribution in [0.25, 0.3) is 33.6 Å². The van der Waals surface area contributed by atoms with E-state index >= 15 is 0 Å². The van der Waals surface area contributed by atoms with E-state index in [1.165, 1.54) is 0 Å². The van der Waals surface area contributed by atoms with E-state index in [2.05, 4.69) is 59.7 Å². The van der Waals surface area contributed by atoms with Gasteiger partial charge in [-0.25, -0.2) is 9.97 Å². The first-order valence-corrected chi connectivity index (χ1v) is 9.39. The molecule has 138 valence electrons. The Hall–Kier alpha value is -3.47. The Balaban J connectivity index is 1.85. The molecule has 0 aliphatic rings. The van der Waals surface area contributed by atoms with E-state index in [4.69, 9.17) is 4.98 Å². The molecule has 0 spiro atoms. The Morgan fingerprint density at radius 2 is 1.64 bits per heavy atom. The van der Waals surface area contributed by atoms with Crippen molar-refractivity contribution in [1.29, 1.82) is 0 Å². The molecule has 0 aliphatic heterocycles. The summed E-state index contributed by atoms with van der Waals surface area (Å²) in [6, 6.07) is 20.5. The van der Waals surface area contributed by atoms with E-state index in [9.17, 15) is 0 Å². The predicted molar refractivity (Wildman–Crippen MR) is 112 cm³/mol. The Labute approximate surface area is 163 Å². The second kappa shape index (κ2) is 6.02. The van der Waals surface area contributed by atoms with Gasteiger partial charge in [-0.1, -0.05) is 63.2 Å². The van der Waals surface area contributed by atoms with E-state index in [-0.39, 0.29) is 5.41 Å². The molecule has 0 aliphatic carbocycles. The van der Waals surface area contributed by atoms with Gasteiger partial charge in [0.1, 0.15) is 12.1 Å². The summed E-state index contributed by atoms with van der Waals surface area (Å²) in [4.78, 5) is 9.56. The fraction of sp³-hybridized carbons (Fsp3) is 0.174. The smallest absolute Gasteiger partial charge is 0.165 e. The van der Waals surface area contributed by atoms with Gasteiger partial charge in [-0.3, -0.25) is 4.57 Å². The highest BCUT2D eigenvalue weighted by Gasteiger charge is 2.22. The van der Waals surface area contributed by atoms with Gasteiger partial charge >= 0.3 is 0 Å². The zero-order valence-electron chi connectivity index (χ0n) is 16.2. The quantitative estimate of drug-likeness (QED) is 0.439. The fourth-order valence-electron chi connectivity index (χ4n) is 3.47. The Kier molecular flexibility index (Phi) is 3.59. The molecule has 3 aromatic heterocycles. The fourth-order valence-corrected chi connectivity index (χ4v) is 3.47. The Morgan fingerprint density at radius 3 is 2.43 bits per heavy atom. The number of hydrogen-bond donors (Lipinski definition) is 0. The SMILES string of the molecule is CC(C)(C)c1cc(-n2cnc3ccccc32)n2ncc(-c3ccccc3)c2n1. The molecule has 28 heavy (non-hydrogen) atoms. The highest BCUT2D eigenvalue weighted by molar-refractivity contribution is 5.80. The van der Waals surface area contributed by atoms with Gasteiger partial charge in [0.2, 0.25) is 0 Å². The van der Waals surface area contributed by atoms with Gasteiger partial charge in [0, 0.05) is 17.0 Å². The molecule has 0 saturated heterocycles. The van der Waals surface area contributed by atoms with Gasteiger partial charge in [-0.2, -0.15) is 9.61 Å². The number of imidazole rings is 1. The lowest BCUT2D eigenvalue weighted by Gasteiger charge is -2.20. The number of nitrogens with zero attached hydrogens (tertiary/aromatic N) is 5. The lowest BCUT2D eigenvalue weighted by Crippen LogP contribution is -2.16. The van der Waals surface area contributed by atoms with E-state index in [1.807, 2.05) is 53.4 Å². The van der Waals surface area contributed by atoms with Crippen molar-refractivity contribution >= 4 is 16.7 Å². The van der Waals surface area contributed by atoms with Crippen LogP contribution in [0.4, 0.5) is 0 Å². The minimum atomic E-state index is -0.0921. The zero-order valence-corrected chi connectivity index (χ0v) is 16.2. The second-order valence-electron chi connectivity index (χ2n) is 8.01. The maximum Gasteiger partial charge on any atom is 0.165 e. The second-order valence-corrected chi connectivity index (χ2v) is 8.01. The predicted octanol–water partition coefficient (Wildman–Crippen LogP) is 5.03. The van der Waals surface area contributed by atoms with Crippen LogP contribution >= 0.6 is 0 Å². The van der Waals surface area contributed by atoms with Crippen molar-refractivity contribution < 1.29 is 0 Å². The Bertz CT molecular complexity index is 1290. The standard InChI is InChI=1S/C23H21N5/c1-23(2,3)20-13-21(27-15-24-18-11-7-8-12-19(18)27)28-22(26-20)17(14-25-28)16-9-5-4-6-10-16/h4-15H,1-3H3. The molecule has 0 atom stereocenters. The lowest BCUT2D eigenvalue weighted by atomic mass is 9.92. The van der Waals surface area contributed by atoms with Crippen LogP contribution in [-0.4, -0.2) is 24.1 Å². The average Bonchev–Trinajstić information content (AvgIpc) is 3.31. The molecule has 5 heteroatoms. The summed E-state index contributed by atoms with van der Waals surface area (Å²) in [5, 5.41) is 4.69. The van der Waals surface area contributed by atoms with Gasteiger partial charge in [-0.15, -0.1) is 0 Å². The monoisotopic (exact) mass is 367 g/mol. The number of fused-ring (bicyclic) bond motifs is 2. The molecular weight excluding hydrogens is 346 g/mol. The van der Waals surface area contributed by atoms with Crippen LogP contribution in [0, 0.1) is 0 Å². The molecule has 0 N–H and O–H groups in total. The maximum atomic E-state index is 5.00. The summed E-state index contributed by atoms with van der Waals surface area (Å²) in [5.41, 5.74) is 5.92. The van der Waals surface area contributed by atoms with Crippen LogP contribution in [0.2, 0.25) is 0 Å². The van der Waals surface area contributed by atoms with E-state index in [0.29, 0.717) is 0 Å². The van der Waals surface area contributed by atoms with Crippen LogP contribution in [0.3, 0.4) is 0 Å². The highest BCUT2D eigenvalue weighted by atomic mass is 15.3. The summed E-state index contributed by atoms with van der Waals surface area (Å²) in [6.45, 7) is 6.54. The van der Waals surface area contributed by atoms with Crippen molar-refractivity contribution in [3.63, 3.8) is 0 Å². The van der Waals surface area contributed by atoms with Crippen LogP contribution in [0.15, 0.2) is 73.2 Å². The van der Waals surface area contributed by atoms with Crippen LogP contribution in [0.1, 0.15) is 26.5 Å². The molecule has 0 amide bonds. The summed E-state index contributed by atoms with van der Waals surface area (Å²) in [6.07, 6.45) is 3.75. The third-order valence-electron chi connectivity index (χ3n) is 5.01. The molecule has 0 saturated carbocycles. The topological polar surface area (TPSA) is 48.0 Å². The Morgan fingerprint density at radius 1 is 0.893 bits per heavy atom. The van der Waals surface area contributed by atoms with Crippen molar-refractivity contribution in [2.24, 2.45) is 0 Å². The van der Waals surface area contributed by atoms with Gasteiger partial charge < -0.3 is 0 Å².